The zero-order valence-electron chi connectivity index (χ0n) is 13.0. The van der Waals surface area contributed by atoms with E-state index in [2.05, 4.69) is 78.9 Å². The van der Waals surface area contributed by atoms with Crippen LogP contribution in [0.15, 0.2) is 78.9 Å². The van der Waals surface area contributed by atoms with Crippen LogP contribution in [-0.4, -0.2) is 4.98 Å². The third kappa shape index (κ3) is 1.38. The van der Waals surface area contributed by atoms with Crippen LogP contribution in [0.2, 0.25) is 0 Å². The Labute approximate surface area is 139 Å². The minimum Gasteiger partial charge on any atom is -0.247 e. The maximum absolute atomic E-state index is 5.05. The lowest BCUT2D eigenvalue weighted by Crippen LogP contribution is -1.87. The summed E-state index contributed by atoms with van der Waals surface area (Å²) in [5.74, 6) is 0. The molecule has 0 saturated carbocycles. The molecular formula is C23H13N. The van der Waals surface area contributed by atoms with E-state index in [-0.39, 0.29) is 0 Å². The highest BCUT2D eigenvalue weighted by atomic mass is 14.7. The molecule has 4 aromatic carbocycles. The van der Waals surface area contributed by atoms with Crippen LogP contribution in [0.4, 0.5) is 0 Å². The molecule has 0 radical (unpaired) electrons. The molecule has 24 heavy (non-hydrogen) atoms. The molecule has 1 aliphatic rings. The van der Waals surface area contributed by atoms with Gasteiger partial charge in [-0.3, -0.25) is 0 Å². The Morgan fingerprint density at radius 3 is 2.21 bits per heavy atom. The first-order chi connectivity index (χ1) is 11.9. The average Bonchev–Trinajstić information content (AvgIpc) is 2.98. The van der Waals surface area contributed by atoms with Crippen molar-refractivity contribution in [3.63, 3.8) is 0 Å². The Kier molecular flexibility index (Phi) is 2.15. The second kappa shape index (κ2) is 4.21. The summed E-state index contributed by atoms with van der Waals surface area (Å²) in [7, 11) is 0. The fourth-order valence-corrected chi connectivity index (χ4v) is 4.16. The van der Waals surface area contributed by atoms with Gasteiger partial charge in [0.1, 0.15) is 0 Å². The molecule has 0 bridgehead atoms. The molecule has 0 atom stereocenters. The standard InChI is InChI=1S/C23H13N/c1-2-8-15-14(7-1)13-19-16-9-3-4-10-17(16)21-18-11-5-6-12-20(18)24-23(15)22(19)21/h1-13H. The predicted octanol–water partition coefficient (Wildman–Crippen LogP) is 6.19. The molecule has 0 aliphatic heterocycles. The topological polar surface area (TPSA) is 12.9 Å². The van der Waals surface area contributed by atoms with Gasteiger partial charge < -0.3 is 0 Å². The number of para-hydroxylation sites is 1. The van der Waals surface area contributed by atoms with E-state index in [1.54, 1.807) is 0 Å². The van der Waals surface area contributed by atoms with Crippen molar-refractivity contribution in [3.05, 3.63) is 78.9 Å². The van der Waals surface area contributed by atoms with E-state index in [0.29, 0.717) is 0 Å². The van der Waals surface area contributed by atoms with Crippen molar-refractivity contribution in [1.29, 1.82) is 0 Å². The lowest BCUT2D eigenvalue weighted by atomic mass is 9.98. The van der Waals surface area contributed by atoms with Gasteiger partial charge in [0.2, 0.25) is 0 Å². The second-order valence-electron chi connectivity index (χ2n) is 6.42. The number of fused-ring (bicyclic) bond motifs is 7. The molecule has 6 rings (SSSR count). The van der Waals surface area contributed by atoms with Gasteiger partial charge in [0.25, 0.3) is 0 Å². The number of benzene rings is 4. The predicted molar refractivity (Wildman–Crippen MR) is 101 cm³/mol. The summed E-state index contributed by atoms with van der Waals surface area (Å²) in [6.45, 7) is 0. The van der Waals surface area contributed by atoms with Crippen LogP contribution >= 0.6 is 0 Å². The minimum atomic E-state index is 1.07. The highest BCUT2D eigenvalue weighted by molar-refractivity contribution is 6.27. The Morgan fingerprint density at radius 1 is 0.583 bits per heavy atom. The van der Waals surface area contributed by atoms with E-state index in [0.717, 1.165) is 11.0 Å². The molecule has 0 N–H and O–H groups in total. The lowest BCUT2D eigenvalue weighted by Gasteiger charge is -2.09. The smallest absolute Gasteiger partial charge is 0.0800 e. The molecule has 5 aromatic rings. The van der Waals surface area contributed by atoms with Gasteiger partial charge in [0.05, 0.1) is 11.0 Å². The third-order valence-electron chi connectivity index (χ3n) is 5.16. The van der Waals surface area contributed by atoms with E-state index in [1.807, 2.05) is 0 Å². The summed E-state index contributed by atoms with van der Waals surface area (Å²) in [5.41, 5.74) is 7.49. The van der Waals surface area contributed by atoms with Crippen LogP contribution in [0.25, 0.3) is 54.8 Å². The molecule has 110 valence electrons. The van der Waals surface area contributed by atoms with Crippen molar-refractivity contribution in [1.82, 2.24) is 4.98 Å². The van der Waals surface area contributed by atoms with Gasteiger partial charge in [-0.25, -0.2) is 4.98 Å². The van der Waals surface area contributed by atoms with Gasteiger partial charge in [0, 0.05) is 21.7 Å². The number of hydrogen-bond donors (Lipinski definition) is 0. The number of rotatable bonds is 0. The summed E-state index contributed by atoms with van der Waals surface area (Å²) >= 11 is 0. The number of nitrogens with zero attached hydrogens (tertiary/aromatic N) is 1. The quantitative estimate of drug-likeness (QED) is 0.241. The fraction of sp³-hybridized carbons (Fsp3) is 0. The molecule has 0 amide bonds. The van der Waals surface area contributed by atoms with E-state index in [4.69, 9.17) is 4.98 Å². The normalized spacial score (nSPS) is 12.2. The largest absolute Gasteiger partial charge is 0.247 e. The van der Waals surface area contributed by atoms with Crippen LogP contribution in [0.1, 0.15) is 0 Å². The Morgan fingerprint density at radius 2 is 1.29 bits per heavy atom. The first-order valence-corrected chi connectivity index (χ1v) is 8.26. The molecular weight excluding hydrogens is 290 g/mol. The van der Waals surface area contributed by atoms with Crippen LogP contribution < -0.4 is 0 Å². The van der Waals surface area contributed by atoms with Crippen LogP contribution in [0.5, 0.6) is 0 Å². The van der Waals surface area contributed by atoms with E-state index < -0.39 is 0 Å². The number of hydrogen-bond acceptors (Lipinski definition) is 1. The summed E-state index contributed by atoms with van der Waals surface area (Å²) < 4.78 is 0. The van der Waals surface area contributed by atoms with E-state index in [9.17, 15) is 0 Å². The maximum Gasteiger partial charge on any atom is 0.0800 e. The maximum atomic E-state index is 5.05. The summed E-state index contributed by atoms with van der Waals surface area (Å²) in [6.07, 6.45) is 0. The molecule has 1 aromatic heterocycles. The highest BCUT2D eigenvalue weighted by Crippen LogP contribution is 2.51. The fourth-order valence-electron chi connectivity index (χ4n) is 4.16. The number of pyridine rings is 1. The van der Waals surface area contributed by atoms with Gasteiger partial charge in [0.15, 0.2) is 0 Å². The third-order valence-corrected chi connectivity index (χ3v) is 5.16. The Hall–Kier alpha value is -3.19. The van der Waals surface area contributed by atoms with E-state index >= 15 is 0 Å². The minimum absolute atomic E-state index is 1.07. The molecule has 0 fully saturated rings. The summed E-state index contributed by atoms with van der Waals surface area (Å²) in [6, 6.07) is 28.1. The van der Waals surface area contributed by atoms with E-state index in [1.165, 1.54) is 43.8 Å². The van der Waals surface area contributed by atoms with Gasteiger partial charge in [-0.1, -0.05) is 66.7 Å². The summed E-state index contributed by atoms with van der Waals surface area (Å²) in [4.78, 5) is 5.05. The number of aromatic nitrogens is 1. The molecule has 0 unspecified atom stereocenters. The van der Waals surface area contributed by atoms with Crippen molar-refractivity contribution >= 4 is 32.6 Å². The zero-order chi connectivity index (χ0) is 15.7. The zero-order valence-corrected chi connectivity index (χ0v) is 13.0. The first kappa shape index (κ1) is 12.3. The van der Waals surface area contributed by atoms with Crippen LogP contribution in [0.3, 0.4) is 0 Å². The molecule has 1 heteroatoms. The molecule has 1 nitrogen and oxygen atoms in total. The van der Waals surface area contributed by atoms with Crippen LogP contribution in [-0.2, 0) is 0 Å². The SMILES string of the molecule is c1ccc2c(c1)-c1cc3ccccc3c3nc4ccccc4c-2c13. The lowest BCUT2D eigenvalue weighted by molar-refractivity contribution is 1.52. The van der Waals surface area contributed by atoms with Gasteiger partial charge in [-0.2, -0.15) is 0 Å². The van der Waals surface area contributed by atoms with Crippen LogP contribution in [0, 0.1) is 0 Å². The van der Waals surface area contributed by atoms with Gasteiger partial charge >= 0.3 is 0 Å². The summed E-state index contributed by atoms with van der Waals surface area (Å²) in [5, 5.41) is 5.03. The van der Waals surface area contributed by atoms with Crippen molar-refractivity contribution in [2.75, 3.05) is 0 Å². The average molecular weight is 303 g/mol. The Bertz CT molecular complexity index is 1300. The Balaban J connectivity index is 2.01. The molecule has 0 spiro atoms. The first-order valence-electron chi connectivity index (χ1n) is 8.26. The molecule has 1 aliphatic carbocycles. The van der Waals surface area contributed by atoms with Crippen molar-refractivity contribution < 1.29 is 0 Å². The van der Waals surface area contributed by atoms with Crippen molar-refractivity contribution in [2.45, 2.75) is 0 Å². The van der Waals surface area contributed by atoms with Crippen molar-refractivity contribution in [3.8, 4) is 22.3 Å². The van der Waals surface area contributed by atoms with Gasteiger partial charge in [-0.15, -0.1) is 0 Å². The highest BCUT2D eigenvalue weighted by Gasteiger charge is 2.25. The molecule has 0 saturated heterocycles. The van der Waals surface area contributed by atoms with Crippen molar-refractivity contribution in [2.24, 2.45) is 0 Å². The second-order valence-corrected chi connectivity index (χ2v) is 6.42. The monoisotopic (exact) mass is 303 g/mol. The molecule has 1 heterocycles. The van der Waals surface area contributed by atoms with Gasteiger partial charge in [-0.05, 0) is 34.2 Å².